The van der Waals surface area contributed by atoms with Gasteiger partial charge in [0, 0.05) is 20.1 Å². The smallest absolute Gasteiger partial charge is 0.387 e. The zero-order valence-electron chi connectivity index (χ0n) is 15.8. The summed E-state index contributed by atoms with van der Waals surface area (Å²) in [5.74, 6) is 0.972. The van der Waals surface area contributed by atoms with Crippen molar-refractivity contribution >= 4 is 29.9 Å². The predicted molar refractivity (Wildman–Crippen MR) is 114 cm³/mol. The fourth-order valence-corrected chi connectivity index (χ4v) is 2.90. The van der Waals surface area contributed by atoms with Crippen LogP contribution in [0.1, 0.15) is 37.7 Å². The minimum Gasteiger partial charge on any atom is -0.493 e. The van der Waals surface area contributed by atoms with Gasteiger partial charge < -0.3 is 20.1 Å². The van der Waals surface area contributed by atoms with Gasteiger partial charge in [-0.1, -0.05) is 17.7 Å². The monoisotopic (exact) mass is 495 g/mol. The Bertz CT molecular complexity index is 639. The minimum atomic E-state index is -2.89. The van der Waals surface area contributed by atoms with Crippen molar-refractivity contribution < 1.29 is 18.3 Å². The highest BCUT2D eigenvalue weighted by atomic mass is 127. The highest BCUT2D eigenvalue weighted by Crippen LogP contribution is 2.29. The van der Waals surface area contributed by atoms with E-state index in [1.165, 1.54) is 44.4 Å². The van der Waals surface area contributed by atoms with E-state index in [1.807, 2.05) is 0 Å². The van der Waals surface area contributed by atoms with Gasteiger partial charge in [-0.05, 0) is 49.8 Å². The van der Waals surface area contributed by atoms with Crippen molar-refractivity contribution in [1.29, 1.82) is 0 Å². The van der Waals surface area contributed by atoms with Crippen molar-refractivity contribution in [2.24, 2.45) is 4.99 Å². The molecule has 0 bridgehead atoms. The Labute approximate surface area is 176 Å². The van der Waals surface area contributed by atoms with Crippen molar-refractivity contribution in [2.75, 3.05) is 20.7 Å². The van der Waals surface area contributed by atoms with Gasteiger partial charge in [0.1, 0.15) is 0 Å². The number of ether oxygens (including phenoxy) is 2. The molecular weight excluding hydrogens is 467 g/mol. The van der Waals surface area contributed by atoms with Crippen LogP contribution in [0.5, 0.6) is 11.5 Å². The second-order valence-corrected chi connectivity index (χ2v) is 6.07. The summed E-state index contributed by atoms with van der Waals surface area (Å²) in [6.45, 7) is -1.64. The van der Waals surface area contributed by atoms with Crippen molar-refractivity contribution in [3.05, 3.63) is 35.4 Å². The maximum atomic E-state index is 12.5. The lowest BCUT2D eigenvalue weighted by Crippen LogP contribution is -2.37. The maximum Gasteiger partial charge on any atom is 0.387 e. The van der Waals surface area contributed by atoms with E-state index in [4.69, 9.17) is 4.74 Å². The van der Waals surface area contributed by atoms with Crippen molar-refractivity contribution in [2.45, 2.75) is 45.3 Å². The van der Waals surface area contributed by atoms with Gasteiger partial charge in [0.25, 0.3) is 0 Å². The molecule has 0 aromatic heterocycles. The first kappa shape index (κ1) is 23.5. The molecule has 1 aliphatic carbocycles. The minimum absolute atomic E-state index is 0. The SMILES string of the molecule is CN=C(NCCC1=CCCCC1)NCc1ccc(OC)c(OC(F)F)c1.I. The quantitative estimate of drug-likeness (QED) is 0.242. The van der Waals surface area contributed by atoms with Crippen molar-refractivity contribution in [1.82, 2.24) is 10.6 Å². The van der Waals surface area contributed by atoms with Gasteiger partial charge in [-0.25, -0.2) is 0 Å². The van der Waals surface area contributed by atoms with Crippen LogP contribution in [0, 0.1) is 0 Å². The molecule has 1 aliphatic rings. The third kappa shape index (κ3) is 8.32. The molecule has 1 aromatic rings. The number of nitrogens with one attached hydrogen (secondary N) is 2. The standard InChI is InChI=1S/C19H27F2N3O2.HI/c1-22-19(23-11-10-14-6-4-3-5-7-14)24-13-15-8-9-16(25-2)17(12-15)26-18(20)21;/h6,8-9,12,18H,3-5,7,10-11,13H2,1-2H3,(H2,22,23,24);1H. The molecule has 152 valence electrons. The van der Waals surface area contributed by atoms with Gasteiger partial charge in [0.15, 0.2) is 17.5 Å². The second kappa shape index (κ2) is 12.7. The van der Waals surface area contributed by atoms with Crippen molar-refractivity contribution in [3.63, 3.8) is 0 Å². The third-order valence-electron chi connectivity index (χ3n) is 4.25. The Morgan fingerprint density at radius 1 is 1.22 bits per heavy atom. The lowest BCUT2D eigenvalue weighted by Gasteiger charge is -2.16. The second-order valence-electron chi connectivity index (χ2n) is 6.07. The van der Waals surface area contributed by atoms with Gasteiger partial charge in [0.2, 0.25) is 0 Å². The Morgan fingerprint density at radius 3 is 2.67 bits per heavy atom. The molecule has 0 atom stereocenters. The van der Waals surface area contributed by atoms with Gasteiger partial charge >= 0.3 is 6.61 Å². The molecule has 0 amide bonds. The Kier molecular flexibility index (Phi) is 11.1. The molecule has 27 heavy (non-hydrogen) atoms. The summed E-state index contributed by atoms with van der Waals surface area (Å²) in [6.07, 6.45) is 8.28. The van der Waals surface area contributed by atoms with Gasteiger partial charge in [-0.2, -0.15) is 8.78 Å². The van der Waals surface area contributed by atoms with E-state index in [0.717, 1.165) is 18.5 Å². The molecule has 0 saturated heterocycles. The molecule has 0 spiro atoms. The van der Waals surface area contributed by atoms with Crippen LogP contribution in [-0.4, -0.2) is 33.3 Å². The molecule has 0 unspecified atom stereocenters. The summed E-state index contributed by atoms with van der Waals surface area (Å²) >= 11 is 0. The number of nitrogens with zero attached hydrogens (tertiary/aromatic N) is 1. The summed E-state index contributed by atoms with van der Waals surface area (Å²) in [4.78, 5) is 4.19. The lowest BCUT2D eigenvalue weighted by molar-refractivity contribution is -0.0512. The number of rotatable bonds is 8. The van der Waals surface area contributed by atoms with Crippen LogP contribution < -0.4 is 20.1 Å². The fraction of sp³-hybridized carbons (Fsp3) is 0.526. The largest absolute Gasteiger partial charge is 0.493 e. The Balaban J connectivity index is 0.00000364. The molecule has 0 heterocycles. The molecule has 5 nitrogen and oxygen atoms in total. The van der Waals surface area contributed by atoms with Crippen LogP contribution in [-0.2, 0) is 6.54 Å². The topological polar surface area (TPSA) is 54.9 Å². The molecule has 1 aromatic carbocycles. The molecule has 2 N–H and O–H groups in total. The van der Waals surface area contributed by atoms with E-state index >= 15 is 0 Å². The Morgan fingerprint density at radius 2 is 2.04 bits per heavy atom. The normalized spacial score (nSPS) is 14.3. The van der Waals surface area contributed by atoms with Gasteiger partial charge in [0.05, 0.1) is 7.11 Å². The van der Waals surface area contributed by atoms with E-state index < -0.39 is 6.61 Å². The fourth-order valence-electron chi connectivity index (χ4n) is 2.90. The number of halogens is 3. The van der Waals surface area contributed by atoms with Crippen LogP contribution in [0.2, 0.25) is 0 Å². The van der Waals surface area contributed by atoms with E-state index in [9.17, 15) is 8.78 Å². The molecule has 0 fully saturated rings. The van der Waals surface area contributed by atoms with Crippen LogP contribution in [0.15, 0.2) is 34.8 Å². The number of methoxy groups -OCH3 is 1. The molecule has 0 radical (unpaired) electrons. The summed E-state index contributed by atoms with van der Waals surface area (Å²) < 4.78 is 34.5. The summed E-state index contributed by atoms with van der Waals surface area (Å²) in [5.41, 5.74) is 2.29. The molecule has 0 aliphatic heterocycles. The Hall–Kier alpha value is -1.58. The zero-order chi connectivity index (χ0) is 18.8. The molecule has 0 saturated carbocycles. The number of aliphatic imine (C=N–C) groups is 1. The highest BCUT2D eigenvalue weighted by Gasteiger charge is 2.11. The number of hydrogen-bond acceptors (Lipinski definition) is 3. The average molecular weight is 495 g/mol. The maximum absolute atomic E-state index is 12.5. The van der Waals surface area contributed by atoms with Crippen LogP contribution >= 0.6 is 24.0 Å². The number of benzene rings is 1. The van der Waals surface area contributed by atoms with Crippen LogP contribution in [0.25, 0.3) is 0 Å². The summed E-state index contributed by atoms with van der Waals surface area (Å²) in [6, 6.07) is 4.95. The van der Waals surface area contributed by atoms with Crippen LogP contribution in [0.4, 0.5) is 8.78 Å². The van der Waals surface area contributed by atoms with E-state index in [2.05, 4.69) is 26.4 Å². The highest BCUT2D eigenvalue weighted by molar-refractivity contribution is 14.0. The number of allylic oxidation sites excluding steroid dienone is 1. The van der Waals surface area contributed by atoms with Crippen molar-refractivity contribution in [3.8, 4) is 11.5 Å². The molecular formula is C19H28F2IN3O2. The van der Waals surface area contributed by atoms with Gasteiger partial charge in [-0.3, -0.25) is 4.99 Å². The average Bonchev–Trinajstić information content (AvgIpc) is 2.65. The summed E-state index contributed by atoms with van der Waals surface area (Å²) in [7, 11) is 3.12. The zero-order valence-corrected chi connectivity index (χ0v) is 18.1. The van der Waals surface area contributed by atoms with E-state index in [1.54, 1.807) is 19.2 Å². The predicted octanol–water partition coefficient (Wildman–Crippen LogP) is 4.47. The van der Waals surface area contributed by atoms with Gasteiger partial charge in [-0.15, -0.1) is 24.0 Å². The first-order valence-electron chi connectivity index (χ1n) is 8.86. The third-order valence-corrected chi connectivity index (χ3v) is 4.25. The number of alkyl halides is 2. The molecule has 2 rings (SSSR count). The molecule has 8 heteroatoms. The first-order valence-corrected chi connectivity index (χ1v) is 8.86. The summed E-state index contributed by atoms with van der Waals surface area (Å²) in [5, 5.41) is 6.46. The van der Waals surface area contributed by atoms with Crippen LogP contribution in [0.3, 0.4) is 0 Å². The van der Waals surface area contributed by atoms with E-state index in [-0.39, 0.29) is 35.5 Å². The lowest BCUT2D eigenvalue weighted by atomic mass is 9.97. The first-order chi connectivity index (χ1) is 12.6. The number of hydrogen-bond donors (Lipinski definition) is 2. The number of guanidine groups is 1. The van der Waals surface area contributed by atoms with E-state index in [0.29, 0.717) is 12.5 Å².